The van der Waals surface area contributed by atoms with Crippen molar-refractivity contribution in [1.82, 2.24) is 9.97 Å². The largest absolute Gasteiger partial charge is 0.320 e. The van der Waals surface area contributed by atoms with Gasteiger partial charge in [-0.15, -0.1) is 0 Å². The van der Waals surface area contributed by atoms with Gasteiger partial charge in [-0.1, -0.05) is 43.3 Å². The topological polar surface area (TPSA) is 58.1 Å². The van der Waals surface area contributed by atoms with E-state index in [1.54, 1.807) is 12.3 Å². The van der Waals surface area contributed by atoms with Crippen molar-refractivity contribution in [2.45, 2.75) is 32.7 Å². The van der Waals surface area contributed by atoms with Crippen LogP contribution in [0.1, 0.15) is 35.5 Å². The van der Waals surface area contributed by atoms with Crippen LogP contribution in [-0.4, -0.2) is 21.9 Å². The standard InChI is InChI=1S/C22H22N4O/c1-3-16-8-4-6-10-18(16)24-21(27)19-12-13-23-22(25-19)26-15(2)14-17-9-5-7-11-20(17)26/h4-13,15H,3,14H2,1-2H3,(H,24,27). The Morgan fingerprint density at radius 3 is 2.78 bits per heavy atom. The lowest BCUT2D eigenvalue weighted by molar-refractivity contribution is 0.102. The number of anilines is 3. The average Bonchev–Trinajstić information content (AvgIpc) is 3.04. The first-order valence-electron chi connectivity index (χ1n) is 9.27. The van der Waals surface area contributed by atoms with Crippen LogP contribution in [0.25, 0.3) is 0 Å². The van der Waals surface area contributed by atoms with Crippen molar-refractivity contribution in [2.24, 2.45) is 0 Å². The average molecular weight is 358 g/mol. The maximum absolute atomic E-state index is 12.8. The molecule has 0 saturated heterocycles. The van der Waals surface area contributed by atoms with E-state index in [9.17, 15) is 4.79 Å². The summed E-state index contributed by atoms with van der Waals surface area (Å²) in [6.45, 7) is 4.22. The minimum absolute atomic E-state index is 0.223. The van der Waals surface area contributed by atoms with Crippen LogP contribution >= 0.6 is 0 Å². The van der Waals surface area contributed by atoms with E-state index in [1.165, 1.54) is 5.56 Å². The number of nitrogens with one attached hydrogen (secondary N) is 1. The summed E-state index contributed by atoms with van der Waals surface area (Å²) in [6.07, 6.45) is 3.45. The lowest BCUT2D eigenvalue weighted by atomic mass is 10.1. The van der Waals surface area contributed by atoms with Gasteiger partial charge >= 0.3 is 0 Å². The number of aromatic nitrogens is 2. The number of rotatable bonds is 4. The molecule has 1 aliphatic rings. The summed E-state index contributed by atoms with van der Waals surface area (Å²) >= 11 is 0. The monoisotopic (exact) mass is 358 g/mol. The molecule has 4 rings (SSSR count). The molecule has 1 aliphatic heterocycles. The van der Waals surface area contributed by atoms with E-state index in [-0.39, 0.29) is 11.9 Å². The second kappa shape index (κ2) is 7.19. The molecule has 0 fully saturated rings. The molecule has 1 aromatic heterocycles. The molecule has 1 amide bonds. The van der Waals surface area contributed by atoms with E-state index in [0.717, 1.165) is 29.8 Å². The third kappa shape index (κ3) is 3.28. The molecule has 0 spiro atoms. The van der Waals surface area contributed by atoms with Crippen molar-refractivity contribution in [3.8, 4) is 0 Å². The zero-order valence-corrected chi connectivity index (χ0v) is 15.5. The number of hydrogen-bond acceptors (Lipinski definition) is 4. The predicted molar refractivity (Wildman–Crippen MR) is 108 cm³/mol. The van der Waals surface area contributed by atoms with E-state index in [0.29, 0.717) is 11.6 Å². The van der Waals surface area contributed by atoms with Crippen LogP contribution in [0.4, 0.5) is 17.3 Å². The Morgan fingerprint density at radius 2 is 1.93 bits per heavy atom. The highest BCUT2D eigenvalue weighted by atomic mass is 16.1. The molecule has 1 atom stereocenters. The lowest BCUT2D eigenvalue weighted by Crippen LogP contribution is -2.27. The van der Waals surface area contributed by atoms with E-state index in [1.807, 2.05) is 36.4 Å². The number of aryl methyl sites for hydroxylation is 1. The number of benzene rings is 2. The number of hydrogen-bond donors (Lipinski definition) is 1. The van der Waals surface area contributed by atoms with Gasteiger partial charge in [-0.25, -0.2) is 9.97 Å². The summed E-state index contributed by atoms with van der Waals surface area (Å²) in [4.78, 5) is 23.8. The smallest absolute Gasteiger partial charge is 0.274 e. The van der Waals surface area contributed by atoms with Gasteiger partial charge in [-0.2, -0.15) is 0 Å². The molecule has 0 aliphatic carbocycles. The van der Waals surface area contributed by atoms with Gasteiger partial charge in [-0.05, 0) is 49.1 Å². The van der Waals surface area contributed by atoms with E-state index >= 15 is 0 Å². The van der Waals surface area contributed by atoms with Crippen molar-refractivity contribution in [2.75, 3.05) is 10.2 Å². The minimum Gasteiger partial charge on any atom is -0.320 e. The second-order valence-corrected chi connectivity index (χ2v) is 6.76. The maximum atomic E-state index is 12.8. The summed E-state index contributed by atoms with van der Waals surface area (Å²) in [5.74, 6) is 0.337. The molecule has 136 valence electrons. The maximum Gasteiger partial charge on any atom is 0.274 e. The Hall–Kier alpha value is -3.21. The third-order valence-electron chi connectivity index (χ3n) is 4.94. The molecular weight excluding hydrogens is 336 g/mol. The highest BCUT2D eigenvalue weighted by Crippen LogP contribution is 2.36. The summed E-state index contributed by atoms with van der Waals surface area (Å²) in [5, 5.41) is 2.98. The second-order valence-electron chi connectivity index (χ2n) is 6.76. The van der Waals surface area contributed by atoms with Crippen molar-refractivity contribution in [1.29, 1.82) is 0 Å². The molecule has 0 saturated carbocycles. The number of para-hydroxylation sites is 2. The number of nitrogens with zero attached hydrogens (tertiary/aromatic N) is 3. The minimum atomic E-state index is -0.223. The highest BCUT2D eigenvalue weighted by molar-refractivity contribution is 6.03. The molecule has 1 N–H and O–H groups in total. The van der Waals surface area contributed by atoms with Gasteiger partial charge in [0.1, 0.15) is 5.69 Å². The molecule has 0 bridgehead atoms. The van der Waals surface area contributed by atoms with Crippen LogP contribution in [0.3, 0.4) is 0 Å². The van der Waals surface area contributed by atoms with Gasteiger partial charge < -0.3 is 10.2 Å². The zero-order valence-electron chi connectivity index (χ0n) is 15.5. The van der Waals surface area contributed by atoms with Gasteiger partial charge in [0.2, 0.25) is 5.95 Å². The fourth-order valence-corrected chi connectivity index (χ4v) is 3.60. The summed E-state index contributed by atoms with van der Waals surface area (Å²) in [7, 11) is 0. The summed E-state index contributed by atoms with van der Waals surface area (Å²) in [6, 6.07) is 18.0. The van der Waals surface area contributed by atoms with Gasteiger partial charge in [0.15, 0.2) is 0 Å². The SMILES string of the molecule is CCc1ccccc1NC(=O)c1ccnc(N2c3ccccc3CC2C)n1. The number of amides is 1. The molecule has 5 heteroatoms. The quantitative estimate of drug-likeness (QED) is 0.752. The van der Waals surface area contributed by atoms with E-state index in [2.05, 4.69) is 46.2 Å². The van der Waals surface area contributed by atoms with E-state index < -0.39 is 0 Å². The van der Waals surface area contributed by atoms with Crippen molar-refractivity contribution in [3.05, 3.63) is 77.6 Å². The first-order chi connectivity index (χ1) is 13.2. The van der Waals surface area contributed by atoms with Crippen LogP contribution in [-0.2, 0) is 12.8 Å². The Morgan fingerprint density at radius 1 is 1.15 bits per heavy atom. The highest BCUT2D eigenvalue weighted by Gasteiger charge is 2.29. The Balaban J connectivity index is 1.62. The molecule has 5 nitrogen and oxygen atoms in total. The van der Waals surface area contributed by atoms with E-state index in [4.69, 9.17) is 0 Å². The number of fused-ring (bicyclic) bond motifs is 1. The number of carbonyl (C=O) groups excluding carboxylic acids is 1. The first-order valence-corrected chi connectivity index (χ1v) is 9.27. The van der Waals surface area contributed by atoms with Crippen LogP contribution in [0.5, 0.6) is 0 Å². The molecule has 1 unspecified atom stereocenters. The third-order valence-corrected chi connectivity index (χ3v) is 4.94. The van der Waals surface area contributed by atoms with Crippen LogP contribution in [0.2, 0.25) is 0 Å². The zero-order chi connectivity index (χ0) is 18.8. The Kier molecular flexibility index (Phi) is 4.59. The molecular formula is C22H22N4O. The van der Waals surface area contributed by atoms with Crippen LogP contribution in [0, 0.1) is 0 Å². The molecule has 3 aromatic rings. The Labute approximate surface area is 159 Å². The molecule has 0 radical (unpaired) electrons. The number of carbonyl (C=O) groups is 1. The summed E-state index contributed by atoms with van der Waals surface area (Å²) in [5.41, 5.74) is 4.67. The lowest BCUT2D eigenvalue weighted by Gasteiger charge is -2.22. The molecule has 2 heterocycles. The van der Waals surface area contributed by atoms with Crippen LogP contribution < -0.4 is 10.2 Å². The van der Waals surface area contributed by atoms with Crippen LogP contribution in [0.15, 0.2) is 60.8 Å². The fourth-order valence-electron chi connectivity index (χ4n) is 3.60. The normalized spacial score (nSPS) is 15.5. The Bertz CT molecular complexity index is 985. The molecule has 2 aromatic carbocycles. The summed E-state index contributed by atoms with van der Waals surface area (Å²) < 4.78 is 0. The van der Waals surface area contributed by atoms with Gasteiger partial charge in [0.25, 0.3) is 5.91 Å². The van der Waals surface area contributed by atoms with Crippen molar-refractivity contribution in [3.63, 3.8) is 0 Å². The van der Waals surface area contributed by atoms with Crippen molar-refractivity contribution >= 4 is 23.2 Å². The van der Waals surface area contributed by atoms with Gasteiger partial charge in [-0.3, -0.25) is 4.79 Å². The molecule has 27 heavy (non-hydrogen) atoms. The van der Waals surface area contributed by atoms with Gasteiger partial charge in [0.05, 0.1) is 0 Å². The predicted octanol–water partition coefficient (Wildman–Crippen LogP) is 4.37. The fraction of sp³-hybridized carbons (Fsp3) is 0.227. The first kappa shape index (κ1) is 17.2. The van der Waals surface area contributed by atoms with Crippen molar-refractivity contribution < 1.29 is 4.79 Å². The van der Waals surface area contributed by atoms with Gasteiger partial charge in [0, 0.05) is 23.6 Å².